The number of nitro benzene ring substituents is 1. The van der Waals surface area contributed by atoms with Gasteiger partial charge in [0.25, 0.3) is 5.69 Å². The molecule has 21 heavy (non-hydrogen) atoms. The second-order valence-electron chi connectivity index (χ2n) is 5.76. The van der Waals surface area contributed by atoms with E-state index in [0.29, 0.717) is 16.9 Å². The fraction of sp³-hybridized carbons (Fsp3) is 0.500. The molecule has 0 atom stereocenters. The molecular weight excluding hydrogens is 272 g/mol. The van der Waals surface area contributed by atoms with Crippen molar-refractivity contribution in [1.82, 2.24) is 0 Å². The van der Waals surface area contributed by atoms with E-state index < -0.39 is 4.92 Å². The molecule has 1 saturated carbocycles. The van der Waals surface area contributed by atoms with Crippen molar-refractivity contribution in [2.24, 2.45) is 5.73 Å². The van der Waals surface area contributed by atoms with E-state index in [9.17, 15) is 14.9 Å². The first-order chi connectivity index (χ1) is 10.0. The van der Waals surface area contributed by atoms with Crippen LogP contribution in [-0.2, 0) is 11.2 Å². The van der Waals surface area contributed by atoms with Crippen LogP contribution in [0.5, 0.6) is 0 Å². The Bertz CT molecular complexity index is 594. The predicted molar refractivity (Wildman–Crippen MR) is 79.3 cm³/mol. The molecule has 0 unspecified atom stereocenters. The van der Waals surface area contributed by atoms with E-state index in [1.165, 1.54) is 6.07 Å². The number of hydrogen-bond acceptors (Lipinski definition) is 5. The molecule has 0 saturated heterocycles. The maximum absolute atomic E-state index is 11.4. The van der Waals surface area contributed by atoms with Crippen LogP contribution in [0, 0.1) is 10.1 Å². The van der Waals surface area contributed by atoms with Crippen molar-refractivity contribution in [2.45, 2.75) is 44.2 Å². The average Bonchev–Trinajstić information content (AvgIpc) is 2.79. The summed E-state index contributed by atoms with van der Waals surface area (Å²) in [7, 11) is 0. The zero-order chi connectivity index (χ0) is 15.0. The molecule has 1 aliphatic carbocycles. The number of nitrogens with one attached hydrogen (secondary N) is 2. The number of carbonyl (C=O) groups excluding carboxylic acids is 1. The first-order valence-electron chi connectivity index (χ1n) is 7.16. The van der Waals surface area contributed by atoms with Crippen molar-refractivity contribution < 1.29 is 9.72 Å². The first kappa shape index (κ1) is 13.8. The summed E-state index contributed by atoms with van der Waals surface area (Å²) in [5.74, 6) is -0.125. The van der Waals surface area contributed by atoms with Crippen LogP contribution in [0.15, 0.2) is 12.1 Å². The molecule has 7 heteroatoms. The highest BCUT2D eigenvalue weighted by Gasteiger charge is 2.26. The summed E-state index contributed by atoms with van der Waals surface area (Å²) in [5.41, 5.74) is 7.73. The minimum absolute atomic E-state index is 0.0279. The van der Waals surface area contributed by atoms with E-state index in [2.05, 4.69) is 10.6 Å². The Hall–Kier alpha value is -2.15. The van der Waals surface area contributed by atoms with E-state index in [1.54, 1.807) is 6.07 Å². The third-order valence-corrected chi connectivity index (χ3v) is 4.17. The van der Waals surface area contributed by atoms with Gasteiger partial charge in [-0.2, -0.15) is 0 Å². The zero-order valence-electron chi connectivity index (χ0n) is 11.6. The zero-order valence-corrected chi connectivity index (χ0v) is 11.6. The summed E-state index contributed by atoms with van der Waals surface area (Å²) < 4.78 is 0. The van der Waals surface area contributed by atoms with Gasteiger partial charge in [0.2, 0.25) is 5.91 Å². The minimum Gasteiger partial charge on any atom is -0.377 e. The lowest BCUT2D eigenvalue weighted by atomic mass is 9.91. The first-order valence-corrected chi connectivity index (χ1v) is 7.16. The van der Waals surface area contributed by atoms with Crippen LogP contribution < -0.4 is 16.4 Å². The van der Waals surface area contributed by atoms with Gasteiger partial charge >= 0.3 is 0 Å². The molecule has 1 aliphatic heterocycles. The van der Waals surface area contributed by atoms with Gasteiger partial charge < -0.3 is 16.4 Å². The summed E-state index contributed by atoms with van der Waals surface area (Å²) in [6.45, 7) is 0. The molecule has 1 aromatic rings. The van der Waals surface area contributed by atoms with Gasteiger partial charge in [0.05, 0.1) is 11.3 Å². The third kappa shape index (κ3) is 2.82. The van der Waals surface area contributed by atoms with Crippen molar-refractivity contribution >= 4 is 23.0 Å². The Balaban J connectivity index is 1.85. The highest BCUT2D eigenvalue weighted by molar-refractivity contribution is 6.00. The topological polar surface area (TPSA) is 110 Å². The second-order valence-corrected chi connectivity index (χ2v) is 5.76. The number of carbonyl (C=O) groups is 1. The van der Waals surface area contributed by atoms with Crippen molar-refractivity contribution in [3.05, 3.63) is 27.8 Å². The van der Waals surface area contributed by atoms with Crippen LogP contribution in [0.1, 0.15) is 31.2 Å². The molecule has 3 rings (SSSR count). The van der Waals surface area contributed by atoms with Gasteiger partial charge in [0.15, 0.2) is 0 Å². The molecule has 1 amide bonds. The molecule has 4 N–H and O–H groups in total. The van der Waals surface area contributed by atoms with Crippen molar-refractivity contribution in [2.75, 3.05) is 10.6 Å². The number of anilines is 2. The third-order valence-electron chi connectivity index (χ3n) is 4.17. The number of nitro groups is 1. The Morgan fingerprint density at radius 2 is 2.00 bits per heavy atom. The summed E-state index contributed by atoms with van der Waals surface area (Å²) in [6, 6.07) is 3.59. The molecular formula is C14H18N4O3. The Labute approximate surface area is 122 Å². The quantitative estimate of drug-likeness (QED) is 0.580. The lowest BCUT2D eigenvalue weighted by molar-refractivity contribution is -0.384. The van der Waals surface area contributed by atoms with E-state index in [-0.39, 0.29) is 30.1 Å². The van der Waals surface area contributed by atoms with E-state index >= 15 is 0 Å². The Kier molecular flexibility index (Phi) is 3.50. The molecule has 1 heterocycles. The Morgan fingerprint density at radius 1 is 1.29 bits per heavy atom. The van der Waals surface area contributed by atoms with Crippen LogP contribution in [0.4, 0.5) is 17.1 Å². The number of rotatable bonds is 3. The van der Waals surface area contributed by atoms with Crippen LogP contribution in [0.2, 0.25) is 0 Å². The average molecular weight is 290 g/mol. The smallest absolute Gasteiger partial charge is 0.292 e. The van der Waals surface area contributed by atoms with Gasteiger partial charge in [0.1, 0.15) is 5.69 Å². The largest absolute Gasteiger partial charge is 0.377 e. The van der Waals surface area contributed by atoms with Crippen LogP contribution in [0.25, 0.3) is 0 Å². The maximum atomic E-state index is 11.4. The van der Waals surface area contributed by atoms with Crippen LogP contribution in [-0.4, -0.2) is 22.9 Å². The van der Waals surface area contributed by atoms with Gasteiger partial charge in [-0.1, -0.05) is 0 Å². The van der Waals surface area contributed by atoms with E-state index in [1.807, 2.05) is 0 Å². The Morgan fingerprint density at radius 3 is 2.67 bits per heavy atom. The predicted octanol–water partition coefficient (Wildman–Crippen LogP) is 1.77. The van der Waals surface area contributed by atoms with Gasteiger partial charge in [-0.15, -0.1) is 0 Å². The number of benzene rings is 1. The van der Waals surface area contributed by atoms with E-state index in [4.69, 9.17) is 5.73 Å². The van der Waals surface area contributed by atoms with Crippen molar-refractivity contribution in [3.8, 4) is 0 Å². The summed E-state index contributed by atoms with van der Waals surface area (Å²) in [4.78, 5) is 22.2. The molecule has 2 aliphatic rings. The van der Waals surface area contributed by atoms with Crippen molar-refractivity contribution in [3.63, 3.8) is 0 Å². The lowest BCUT2D eigenvalue weighted by Crippen LogP contribution is -2.32. The number of nitrogens with zero attached hydrogens (tertiary/aromatic N) is 1. The molecule has 1 aromatic carbocycles. The monoisotopic (exact) mass is 290 g/mol. The molecule has 0 spiro atoms. The maximum Gasteiger partial charge on any atom is 0.292 e. The lowest BCUT2D eigenvalue weighted by Gasteiger charge is -2.27. The number of amides is 1. The molecule has 0 radical (unpaired) electrons. The molecule has 0 aromatic heterocycles. The van der Waals surface area contributed by atoms with Gasteiger partial charge in [-0.25, -0.2) is 0 Å². The van der Waals surface area contributed by atoms with Gasteiger partial charge in [0, 0.05) is 23.8 Å². The minimum atomic E-state index is -0.403. The summed E-state index contributed by atoms with van der Waals surface area (Å²) in [5, 5.41) is 17.2. The number of hydrogen-bond donors (Lipinski definition) is 3. The normalized spacial score (nSPS) is 24.3. The van der Waals surface area contributed by atoms with Crippen LogP contribution >= 0.6 is 0 Å². The van der Waals surface area contributed by atoms with Crippen molar-refractivity contribution in [1.29, 1.82) is 0 Å². The molecule has 112 valence electrons. The second kappa shape index (κ2) is 5.33. The summed E-state index contributed by atoms with van der Waals surface area (Å²) >= 11 is 0. The highest BCUT2D eigenvalue weighted by Crippen LogP contribution is 2.35. The molecule has 0 bridgehead atoms. The molecule has 7 nitrogen and oxygen atoms in total. The molecule has 1 fully saturated rings. The van der Waals surface area contributed by atoms with Gasteiger partial charge in [-0.3, -0.25) is 14.9 Å². The van der Waals surface area contributed by atoms with Crippen LogP contribution in [0.3, 0.4) is 0 Å². The fourth-order valence-corrected chi connectivity index (χ4v) is 3.01. The van der Waals surface area contributed by atoms with E-state index in [0.717, 1.165) is 25.7 Å². The number of fused-ring (bicyclic) bond motifs is 1. The fourth-order valence-electron chi connectivity index (χ4n) is 3.01. The summed E-state index contributed by atoms with van der Waals surface area (Å²) in [6.07, 6.45) is 3.86. The SMILES string of the molecule is NC1CCC(Nc2cc3c(cc2[N+](=O)[O-])CC(=O)N3)CC1. The number of nitrogens with two attached hydrogens (primary N) is 1. The van der Waals surface area contributed by atoms with Gasteiger partial charge in [-0.05, 0) is 37.3 Å². The standard InChI is InChI=1S/C14H18N4O3/c15-9-1-3-10(4-2-9)16-12-7-11-8(6-14(19)17-11)5-13(12)18(20)21/h5,7,9-10,16H,1-4,6,15H2,(H,17,19). The highest BCUT2D eigenvalue weighted by atomic mass is 16.6.